The van der Waals surface area contributed by atoms with E-state index in [4.69, 9.17) is 4.42 Å². The van der Waals surface area contributed by atoms with E-state index in [1.807, 2.05) is 6.07 Å². The SMILES string of the molecule is CCN(C(=O)C(F)(F)F)c1ccc(NC(=O)c2cc3ccccc3o2)cc1. The zero-order valence-electron chi connectivity index (χ0n) is 14.2. The molecule has 0 aliphatic rings. The third-order valence-corrected chi connectivity index (χ3v) is 3.89. The smallest absolute Gasteiger partial charge is 0.451 e. The highest BCUT2D eigenvalue weighted by atomic mass is 19.4. The van der Waals surface area contributed by atoms with Crippen molar-refractivity contribution in [3.05, 3.63) is 60.4 Å². The van der Waals surface area contributed by atoms with E-state index in [1.165, 1.54) is 31.2 Å². The van der Waals surface area contributed by atoms with Gasteiger partial charge in [-0.1, -0.05) is 18.2 Å². The highest BCUT2D eigenvalue weighted by Gasteiger charge is 2.42. The summed E-state index contributed by atoms with van der Waals surface area (Å²) in [7, 11) is 0. The first kappa shape index (κ1) is 18.5. The second-order valence-corrected chi connectivity index (χ2v) is 5.70. The number of hydrogen-bond donors (Lipinski definition) is 1. The van der Waals surface area contributed by atoms with Crippen LogP contribution in [0.5, 0.6) is 0 Å². The van der Waals surface area contributed by atoms with E-state index in [1.54, 1.807) is 24.3 Å². The fourth-order valence-electron chi connectivity index (χ4n) is 2.61. The van der Waals surface area contributed by atoms with Gasteiger partial charge in [-0.15, -0.1) is 0 Å². The highest BCUT2D eigenvalue weighted by molar-refractivity contribution is 6.05. The van der Waals surface area contributed by atoms with Gasteiger partial charge in [0.25, 0.3) is 5.91 Å². The lowest BCUT2D eigenvalue weighted by molar-refractivity contribution is -0.170. The van der Waals surface area contributed by atoms with Crippen LogP contribution in [0.4, 0.5) is 24.5 Å². The summed E-state index contributed by atoms with van der Waals surface area (Å²) in [5.41, 5.74) is 1.02. The lowest BCUT2D eigenvalue weighted by Crippen LogP contribution is -2.41. The fraction of sp³-hybridized carbons (Fsp3) is 0.158. The number of furan rings is 1. The molecule has 0 aliphatic carbocycles. The molecular formula is C19H15F3N2O3. The van der Waals surface area contributed by atoms with Gasteiger partial charge in [0.05, 0.1) is 0 Å². The van der Waals surface area contributed by atoms with E-state index in [-0.39, 0.29) is 18.0 Å². The van der Waals surface area contributed by atoms with E-state index in [0.717, 1.165) is 5.39 Å². The number of benzene rings is 2. The number of alkyl halides is 3. The molecule has 2 amide bonds. The van der Waals surface area contributed by atoms with E-state index >= 15 is 0 Å². The number of nitrogens with one attached hydrogen (secondary N) is 1. The van der Waals surface area contributed by atoms with Crippen LogP contribution in [-0.2, 0) is 4.79 Å². The Morgan fingerprint density at radius 3 is 2.33 bits per heavy atom. The number of nitrogens with zero attached hydrogens (tertiary/aromatic N) is 1. The van der Waals surface area contributed by atoms with Crippen LogP contribution in [0, 0.1) is 0 Å². The van der Waals surface area contributed by atoms with Crippen LogP contribution >= 0.6 is 0 Å². The first-order chi connectivity index (χ1) is 12.8. The summed E-state index contributed by atoms with van der Waals surface area (Å²) in [6.07, 6.45) is -4.95. The quantitative estimate of drug-likeness (QED) is 0.724. The van der Waals surface area contributed by atoms with Crippen molar-refractivity contribution >= 4 is 34.2 Å². The minimum atomic E-state index is -4.95. The van der Waals surface area contributed by atoms with Gasteiger partial charge in [0.1, 0.15) is 5.58 Å². The summed E-state index contributed by atoms with van der Waals surface area (Å²) >= 11 is 0. The van der Waals surface area contributed by atoms with Gasteiger partial charge < -0.3 is 14.6 Å². The number of rotatable bonds is 4. The monoisotopic (exact) mass is 376 g/mol. The molecule has 3 rings (SSSR count). The number of anilines is 2. The Kier molecular flexibility index (Phi) is 4.89. The first-order valence-electron chi connectivity index (χ1n) is 8.08. The lowest BCUT2D eigenvalue weighted by Gasteiger charge is -2.22. The minimum absolute atomic E-state index is 0.0848. The normalized spacial score (nSPS) is 11.4. The number of carbonyl (C=O) groups is 2. The summed E-state index contributed by atoms with van der Waals surface area (Å²) in [5, 5.41) is 3.38. The Bertz CT molecular complexity index is 945. The van der Waals surface area contributed by atoms with Crippen LogP contribution in [0.2, 0.25) is 0 Å². The van der Waals surface area contributed by atoms with Crippen molar-refractivity contribution in [2.24, 2.45) is 0 Å². The standard InChI is InChI=1S/C19H15F3N2O3/c1-2-24(18(26)19(20,21)22)14-9-7-13(8-10-14)23-17(25)16-11-12-5-3-4-6-15(12)27-16/h3-11H,2H2,1H3,(H,23,25). The van der Waals surface area contributed by atoms with Gasteiger partial charge in [-0.05, 0) is 43.3 Å². The molecule has 2 aromatic carbocycles. The third-order valence-electron chi connectivity index (χ3n) is 3.89. The molecule has 1 aromatic heterocycles. The van der Waals surface area contributed by atoms with E-state index in [9.17, 15) is 22.8 Å². The van der Waals surface area contributed by atoms with Crippen molar-refractivity contribution in [1.29, 1.82) is 0 Å². The molecule has 1 heterocycles. The maximum absolute atomic E-state index is 12.6. The third kappa shape index (κ3) is 3.94. The van der Waals surface area contributed by atoms with Crippen LogP contribution in [-0.4, -0.2) is 24.5 Å². The first-order valence-corrected chi connectivity index (χ1v) is 8.08. The summed E-state index contributed by atoms with van der Waals surface area (Å²) in [5.74, 6) is -2.32. The molecule has 3 aromatic rings. The Labute approximate surface area is 152 Å². The average Bonchev–Trinajstić information content (AvgIpc) is 3.07. The van der Waals surface area contributed by atoms with Gasteiger partial charge in [-0.3, -0.25) is 9.59 Å². The molecular weight excluding hydrogens is 361 g/mol. The molecule has 0 atom stereocenters. The molecule has 5 nitrogen and oxygen atoms in total. The Morgan fingerprint density at radius 1 is 1.07 bits per heavy atom. The van der Waals surface area contributed by atoms with Crippen LogP contribution < -0.4 is 10.2 Å². The number of hydrogen-bond acceptors (Lipinski definition) is 3. The minimum Gasteiger partial charge on any atom is -0.451 e. The van der Waals surface area contributed by atoms with E-state index in [2.05, 4.69) is 5.32 Å². The van der Waals surface area contributed by atoms with Gasteiger partial charge >= 0.3 is 12.1 Å². The zero-order valence-corrected chi connectivity index (χ0v) is 14.2. The Morgan fingerprint density at radius 2 is 1.74 bits per heavy atom. The molecule has 0 bridgehead atoms. The molecule has 0 radical (unpaired) electrons. The largest absolute Gasteiger partial charge is 0.471 e. The molecule has 0 saturated carbocycles. The van der Waals surface area contributed by atoms with Crippen LogP contribution in [0.15, 0.2) is 59.0 Å². The number of para-hydroxylation sites is 1. The zero-order chi connectivity index (χ0) is 19.6. The number of carbonyl (C=O) groups excluding carboxylic acids is 2. The van der Waals surface area contributed by atoms with Gasteiger partial charge in [0.15, 0.2) is 5.76 Å². The summed E-state index contributed by atoms with van der Waals surface area (Å²) in [4.78, 5) is 24.3. The lowest BCUT2D eigenvalue weighted by atomic mass is 10.2. The molecule has 1 N–H and O–H groups in total. The molecule has 140 valence electrons. The molecule has 27 heavy (non-hydrogen) atoms. The highest BCUT2D eigenvalue weighted by Crippen LogP contribution is 2.25. The van der Waals surface area contributed by atoms with Crippen molar-refractivity contribution in [2.45, 2.75) is 13.1 Å². The van der Waals surface area contributed by atoms with Crippen LogP contribution in [0.3, 0.4) is 0 Å². The molecule has 0 aliphatic heterocycles. The van der Waals surface area contributed by atoms with Crippen molar-refractivity contribution in [3.63, 3.8) is 0 Å². The average molecular weight is 376 g/mol. The van der Waals surface area contributed by atoms with Gasteiger partial charge in [-0.25, -0.2) is 0 Å². The van der Waals surface area contributed by atoms with Crippen LogP contribution in [0.25, 0.3) is 11.0 Å². The van der Waals surface area contributed by atoms with Crippen molar-refractivity contribution in [1.82, 2.24) is 0 Å². The fourth-order valence-corrected chi connectivity index (χ4v) is 2.61. The topological polar surface area (TPSA) is 62.6 Å². The Balaban J connectivity index is 1.75. The van der Waals surface area contributed by atoms with Gasteiger partial charge in [0, 0.05) is 23.3 Å². The van der Waals surface area contributed by atoms with Crippen molar-refractivity contribution in [3.8, 4) is 0 Å². The molecule has 0 saturated heterocycles. The predicted molar refractivity (Wildman–Crippen MR) is 94.7 cm³/mol. The molecule has 8 heteroatoms. The number of fused-ring (bicyclic) bond motifs is 1. The molecule has 0 unspecified atom stereocenters. The van der Waals surface area contributed by atoms with Crippen molar-refractivity contribution in [2.75, 3.05) is 16.8 Å². The summed E-state index contributed by atoms with van der Waals surface area (Å²) in [6.45, 7) is 1.31. The summed E-state index contributed by atoms with van der Waals surface area (Å²) < 4.78 is 43.4. The predicted octanol–water partition coefficient (Wildman–Crippen LogP) is 4.60. The second-order valence-electron chi connectivity index (χ2n) is 5.70. The van der Waals surface area contributed by atoms with Gasteiger partial charge in [-0.2, -0.15) is 13.2 Å². The van der Waals surface area contributed by atoms with Crippen LogP contribution in [0.1, 0.15) is 17.5 Å². The Hall–Kier alpha value is -3.29. The van der Waals surface area contributed by atoms with E-state index < -0.39 is 18.0 Å². The second kappa shape index (κ2) is 7.14. The van der Waals surface area contributed by atoms with E-state index in [0.29, 0.717) is 16.2 Å². The molecule has 0 spiro atoms. The number of halogens is 3. The van der Waals surface area contributed by atoms with Crippen molar-refractivity contribution < 1.29 is 27.2 Å². The molecule has 0 fully saturated rings. The number of amides is 2. The maximum atomic E-state index is 12.6. The summed E-state index contributed by atoms with van der Waals surface area (Å²) in [6, 6.07) is 14.3. The maximum Gasteiger partial charge on any atom is 0.471 e. The van der Waals surface area contributed by atoms with Gasteiger partial charge in [0.2, 0.25) is 0 Å².